The Labute approximate surface area is 103 Å². The number of carbonyl (C=O) groups is 2. The van der Waals surface area contributed by atoms with Crippen LogP contribution in [0.5, 0.6) is 0 Å². The van der Waals surface area contributed by atoms with Crippen LogP contribution < -0.4 is 5.32 Å². The zero-order valence-electron chi connectivity index (χ0n) is 9.93. The molecule has 0 aromatic carbocycles. The number of aromatic nitrogens is 2. The predicted octanol–water partition coefficient (Wildman–Crippen LogP) is 1.08. The summed E-state index contributed by atoms with van der Waals surface area (Å²) in [5.41, 5.74) is 0.515. The Morgan fingerprint density at radius 2 is 2.18 bits per heavy atom. The first-order valence-electron chi connectivity index (χ1n) is 5.30. The van der Waals surface area contributed by atoms with Crippen LogP contribution in [-0.4, -0.2) is 32.6 Å². The molecule has 1 heterocycles. The highest BCUT2D eigenvalue weighted by molar-refractivity contribution is 7.08. The van der Waals surface area contributed by atoms with Crippen molar-refractivity contribution in [2.24, 2.45) is 5.92 Å². The minimum atomic E-state index is -1.03. The number of nitrogens with zero attached hydrogens (tertiary/aromatic N) is 2. The molecular formula is C10H15N3O3S. The van der Waals surface area contributed by atoms with E-state index in [1.807, 2.05) is 6.92 Å². The van der Waals surface area contributed by atoms with Gasteiger partial charge in [-0.3, -0.25) is 4.79 Å². The molecule has 0 aliphatic rings. The van der Waals surface area contributed by atoms with Gasteiger partial charge in [-0.1, -0.05) is 24.8 Å². The summed E-state index contributed by atoms with van der Waals surface area (Å²) in [6.07, 6.45) is 0.678. The summed E-state index contributed by atoms with van der Waals surface area (Å²) in [7, 11) is 0. The van der Waals surface area contributed by atoms with E-state index in [1.54, 1.807) is 13.8 Å². The fraction of sp³-hybridized carbons (Fsp3) is 0.600. The molecule has 0 radical (unpaired) electrons. The Balaban J connectivity index is 2.78. The SMILES string of the molecule is CCC(C)C(NC(=O)c1snnc1C)C(=O)O. The van der Waals surface area contributed by atoms with E-state index in [2.05, 4.69) is 14.9 Å². The van der Waals surface area contributed by atoms with E-state index in [0.717, 1.165) is 11.5 Å². The van der Waals surface area contributed by atoms with Crippen molar-refractivity contribution in [2.75, 3.05) is 0 Å². The number of rotatable bonds is 5. The van der Waals surface area contributed by atoms with E-state index < -0.39 is 17.9 Å². The van der Waals surface area contributed by atoms with Crippen molar-refractivity contribution in [3.05, 3.63) is 10.6 Å². The average Bonchev–Trinajstić information content (AvgIpc) is 2.70. The standard InChI is InChI=1S/C10H15N3O3S/c1-4-5(2)7(10(15)16)11-9(14)8-6(3)12-13-17-8/h5,7H,4H2,1-3H3,(H,11,14)(H,15,16). The fourth-order valence-electron chi connectivity index (χ4n) is 1.33. The van der Waals surface area contributed by atoms with Crippen LogP contribution in [0.2, 0.25) is 0 Å². The molecule has 1 rings (SSSR count). The Kier molecular flexibility index (Phi) is 4.56. The van der Waals surface area contributed by atoms with Crippen molar-refractivity contribution in [3.63, 3.8) is 0 Å². The summed E-state index contributed by atoms with van der Waals surface area (Å²) < 4.78 is 3.64. The van der Waals surface area contributed by atoms with Crippen molar-refractivity contribution in [1.82, 2.24) is 14.9 Å². The van der Waals surface area contributed by atoms with Gasteiger partial charge in [0.2, 0.25) is 0 Å². The van der Waals surface area contributed by atoms with Gasteiger partial charge in [0.05, 0.1) is 5.69 Å². The van der Waals surface area contributed by atoms with Crippen molar-refractivity contribution in [1.29, 1.82) is 0 Å². The van der Waals surface area contributed by atoms with E-state index in [-0.39, 0.29) is 5.92 Å². The smallest absolute Gasteiger partial charge is 0.326 e. The number of aliphatic carboxylic acids is 1. The minimum Gasteiger partial charge on any atom is -0.480 e. The van der Waals surface area contributed by atoms with E-state index in [1.165, 1.54) is 0 Å². The lowest BCUT2D eigenvalue weighted by molar-refractivity contribution is -0.140. The van der Waals surface area contributed by atoms with Crippen molar-refractivity contribution in [3.8, 4) is 0 Å². The molecule has 0 fully saturated rings. The molecule has 2 N–H and O–H groups in total. The van der Waals surface area contributed by atoms with Gasteiger partial charge in [0.25, 0.3) is 5.91 Å². The second kappa shape index (κ2) is 5.72. The molecule has 0 saturated heterocycles. The molecule has 0 saturated carbocycles. The first-order chi connectivity index (χ1) is 7.97. The minimum absolute atomic E-state index is 0.127. The molecule has 1 amide bonds. The van der Waals surface area contributed by atoms with Crippen molar-refractivity contribution >= 4 is 23.4 Å². The third-order valence-electron chi connectivity index (χ3n) is 2.62. The summed E-state index contributed by atoms with van der Waals surface area (Å²) in [5, 5.41) is 15.3. The van der Waals surface area contributed by atoms with Gasteiger partial charge >= 0.3 is 5.97 Å². The number of carboxylic acids is 1. The van der Waals surface area contributed by atoms with Gasteiger partial charge in [-0.2, -0.15) is 0 Å². The Morgan fingerprint density at radius 3 is 2.59 bits per heavy atom. The Hall–Kier alpha value is -1.50. The van der Waals surface area contributed by atoms with Crippen LogP contribution in [0.15, 0.2) is 0 Å². The second-order valence-electron chi connectivity index (χ2n) is 3.86. The second-order valence-corrected chi connectivity index (χ2v) is 4.62. The molecule has 17 heavy (non-hydrogen) atoms. The number of amides is 1. The topological polar surface area (TPSA) is 92.2 Å². The fourth-order valence-corrected chi connectivity index (χ4v) is 1.89. The molecule has 2 atom stereocenters. The zero-order chi connectivity index (χ0) is 13.0. The van der Waals surface area contributed by atoms with Gasteiger partial charge in [-0.25, -0.2) is 4.79 Å². The summed E-state index contributed by atoms with van der Waals surface area (Å²) in [4.78, 5) is 23.2. The maximum Gasteiger partial charge on any atom is 0.326 e. The quantitative estimate of drug-likeness (QED) is 0.823. The molecule has 0 spiro atoms. The van der Waals surface area contributed by atoms with Crippen LogP contribution in [0.1, 0.15) is 35.6 Å². The number of carbonyl (C=O) groups excluding carboxylic acids is 1. The van der Waals surface area contributed by atoms with E-state index in [4.69, 9.17) is 5.11 Å². The Bertz CT molecular complexity index is 419. The lowest BCUT2D eigenvalue weighted by atomic mass is 9.99. The molecular weight excluding hydrogens is 242 g/mol. The highest BCUT2D eigenvalue weighted by Gasteiger charge is 2.27. The number of hydrogen-bond acceptors (Lipinski definition) is 5. The summed E-state index contributed by atoms with van der Waals surface area (Å²) in [6.45, 7) is 5.33. The monoisotopic (exact) mass is 257 g/mol. The molecule has 6 nitrogen and oxygen atoms in total. The van der Waals surface area contributed by atoms with Gasteiger partial charge < -0.3 is 10.4 Å². The number of carboxylic acid groups (broad SMARTS) is 1. The summed E-state index contributed by atoms with van der Waals surface area (Å²) in [6, 6.07) is -0.881. The van der Waals surface area contributed by atoms with Gasteiger partial charge in [0.15, 0.2) is 0 Å². The van der Waals surface area contributed by atoms with E-state index in [0.29, 0.717) is 17.0 Å². The Morgan fingerprint density at radius 1 is 1.53 bits per heavy atom. The average molecular weight is 257 g/mol. The van der Waals surface area contributed by atoms with Crippen LogP contribution in [0.3, 0.4) is 0 Å². The van der Waals surface area contributed by atoms with Gasteiger partial charge in [-0.15, -0.1) is 5.10 Å². The highest BCUT2D eigenvalue weighted by Crippen LogP contribution is 2.12. The third-order valence-corrected chi connectivity index (χ3v) is 3.45. The molecule has 0 aliphatic carbocycles. The third kappa shape index (κ3) is 3.23. The van der Waals surface area contributed by atoms with Crippen LogP contribution >= 0.6 is 11.5 Å². The molecule has 94 valence electrons. The number of hydrogen-bond donors (Lipinski definition) is 2. The molecule has 1 aromatic heterocycles. The lowest BCUT2D eigenvalue weighted by Gasteiger charge is -2.19. The summed E-state index contributed by atoms with van der Waals surface area (Å²) in [5.74, 6) is -1.58. The highest BCUT2D eigenvalue weighted by atomic mass is 32.1. The molecule has 0 aliphatic heterocycles. The van der Waals surface area contributed by atoms with Crippen LogP contribution in [-0.2, 0) is 4.79 Å². The molecule has 0 bridgehead atoms. The van der Waals surface area contributed by atoms with Gasteiger partial charge in [0, 0.05) is 0 Å². The number of aryl methyl sites for hydroxylation is 1. The normalized spacial score (nSPS) is 14.1. The zero-order valence-corrected chi connectivity index (χ0v) is 10.7. The maximum absolute atomic E-state index is 11.8. The predicted molar refractivity (Wildman–Crippen MR) is 63.0 cm³/mol. The largest absolute Gasteiger partial charge is 0.480 e. The van der Waals surface area contributed by atoms with Crippen molar-refractivity contribution in [2.45, 2.75) is 33.2 Å². The lowest BCUT2D eigenvalue weighted by Crippen LogP contribution is -2.44. The van der Waals surface area contributed by atoms with Crippen LogP contribution in [0, 0.1) is 12.8 Å². The van der Waals surface area contributed by atoms with Gasteiger partial charge in [-0.05, 0) is 24.4 Å². The van der Waals surface area contributed by atoms with Gasteiger partial charge in [0.1, 0.15) is 10.9 Å². The van der Waals surface area contributed by atoms with E-state index >= 15 is 0 Å². The summed E-state index contributed by atoms with van der Waals surface area (Å²) >= 11 is 0.965. The first-order valence-corrected chi connectivity index (χ1v) is 6.07. The number of nitrogens with one attached hydrogen (secondary N) is 1. The van der Waals surface area contributed by atoms with Crippen LogP contribution in [0.4, 0.5) is 0 Å². The van der Waals surface area contributed by atoms with E-state index in [9.17, 15) is 9.59 Å². The van der Waals surface area contributed by atoms with Crippen LogP contribution in [0.25, 0.3) is 0 Å². The maximum atomic E-state index is 11.8. The molecule has 1 aromatic rings. The van der Waals surface area contributed by atoms with Crippen molar-refractivity contribution < 1.29 is 14.7 Å². The first kappa shape index (κ1) is 13.6. The molecule has 7 heteroatoms. The molecule has 2 unspecified atom stereocenters.